The molecule has 2 atom stereocenters. The SMILES string of the molecule is CCC(C)c1ccccc1N1CC(C(=O)N(C)C(C)C)CC1=O. The minimum atomic E-state index is -0.236. The van der Waals surface area contributed by atoms with E-state index in [1.54, 1.807) is 9.80 Å². The van der Waals surface area contributed by atoms with Crippen LogP contribution in [0.1, 0.15) is 52.0 Å². The van der Waals surface area contributed by atoms with Crippen LogP contribution in [-0.4, -0.2) is 36.3 Å². The highest BCUT2D eigenvalue weighted by Gasteiger charge is 2.37. The highest BCUT2D eigenvalue weighted by atomic mass is 16.2. The number of nitrogens with zero attached hydrogens (tertiary/aromatic N) is 2. The number of rotatable bonds is 5. The van der Waals surface area contributed by atoms with Gasteiger partial charge in [-0.3, -0.25) is 9.59 Å². The summed E-state index contributed by atoms with van der Waals surface area (Å²) in [7, 11) is 1.81. The second-order valence-electron chi connectivity index (χ2n) is 6.82. The van der Waals surface area contributed by atoms with E-state index in [2.05, 4.69) is 19.9 Å². The number of amides is 2. The van der Waals surface area contributed by atoms with E-state index in [9.17, 15) is 9.59 Å². The Morgan fingerprint density at radius 1 is 1.30 bits per heavy atom. The Bertz CT molecular complexity index is 582. The van der Waals surface area contributed by atoms with Crippen molar-refractivity contribution in [1.29, 1.82) is 0 Å². The molecule has 0 bridgehead atoms. The van der Waals surface area contributed by atoms with Gasteiger partial charge >= 0.3 is 0 Å². The maximum absolute atomic E-state index is 12.5. The van der Waals surface area contributed by atoms with Gasteiger partial charge in [0, 0.05) is 31.7 Å². The maximum Gasteiger partial charge on any atom is 0.227 e. The minimum Gasteiger partial charge on any atom is -0.343 e. The van der Waals surface area contributed by atoms with Gasteiger partial charge in [-0.05, 0) is 37.8 Å². The summed E-state index contributed by atoms with van der Waals surface area (Å²) in [6.45, 7) is 8.79. The molecule has 4 heteroatoms. The number of anilines is 1. The van der Waals surface area contributed by atoms with E-state index in [1.165, 1.54) is 5.56 Å². The molecule has 2 unspecified atom stereocenters. The number of hydrogen-bond acceptors (Lipinski definition) is 2. The zero-order chi connectivity index (χ0) is 17.1. The Balaban J connectivity index is 2.23. The van der Waals surface area contributed by atoms with Crippen molar-refractivity contribution in [3.8, 4) is 0 Å². The standard InChI is InChI=1S/C19H28N2O2/c1-6-14(4)16-9-7-8-10-17(16)21-12-15(11-18(21)22)19(23)20(5)13(2)3/h7-10,13-15H,6,11-12H2,1-5H3. The smallest absolute Gasteiger partial charge is 0.227 e. The van der Waals surface area contributed by atoms with Crippen molar-refractivity contribution in [1.82, 2.24) is 4.90 Å². The van der Waals surface area contributed by atoms with Crippen LogP contribution in [0.15, 0.2) is 24.3 Å². The zero-order valence-corrected chi connectivity index (χ0v) is 14.9. The Labute approximate surface area is 139 Å². The average Bonchev–Trinajstić information content (AvgIpc) is 2.94. The maximum atomic E-state index is 12.5. The largest absolute Gasteiger partial charge is 0.343 e. The van der Waals surface area contributed by atoms with Crippen molar-refractivity contribution in [2.45, 2.75) is 52.5 Å². The Hall–Kier alpha value is -1.84. The first-order valence-corrected chi connectivity index (χ1v) is 8.52. The van der Waals surface area contributed by atoms with Crippen LogP contribution in [0.4, 0.5) is 5.69 Å². The molecule has 1 heterocycles. The van der Waals surface area contributed by atoms with Crippen LogP contribution >= 0.6 is 0 Å². The third-order valence-corrected chi connectivity index (χ3v) is 4.97. The molecule has 23 heavy (non-hydrogen) atoms. The summed E-state index contributed by atoms with van der Waals surface area (Å²) in [5.74, 6) is 0.278. The molecule has 1 aromatic rings. The summed E-state index contributed by atoms with van der Waals surface area (Å²) in [6.07, 6.45) is 1.34. The van der Waals surface area contributed by atoms with Gasteiger partial charge in [-0.15, -0.1) is 0 Å². The van der Waals surface area contributed by atoms with Gasteiger partial charge in [-0.25, -0.2) is 0 Å². The highest BCUT2D eigenvalue weighted by molar-refractivity contribution is 6.00. The van der Waals surface area contributed by atoms with Crippen LogP contribution in [-0.2, 0) is 9.59 Å². The first-order chi connectivity index (χ1) is 10.9. The molecule has 1 fully saturated rings. The molecule has 1 saturated heterocycles. The lowest BCUT2D eigenvalue weighted by Gasteiger charge is -2.26. The van der Waals surface area contributed by atoms with Gasteiger partial charge in [0.15, 0.2) is 0 Å². The van der Waals surface area contributed by atoms with Crippen molar-refractivity contribution >= 4 is 17.5 Å². The summed E-state index contributed by atoms with van der Waals surface area (Å²) in [4.78, 5) is 28.6. The fraction of sp³-hybridized carbons (Fsp3) is 0.579. The Morgan fingerprint density at radius 2 is 1.96 bits per heavy atom. The van der Waals surface area contributed by atoms with Crippen molar-refractivity contribution in [3.05, 3.63) is 29.8 Å². The number of carbonyl (C=O) groups excluding carboxylic acids is 2. The molecule has 4 nitrogen and oxygen atoms in total. The number of hydrogen-bond donors (Lipinski definition) is 0. The molecule has 2 amide bonds. The van der Waals surface area contributed by atoms with E-state index in [-0.39, 0.29) is 23.8 Å². The molecule has 1 aliphatic rings. The third kappa shape index (κ3) is 3.57. The molecule has 1 aliphatic heterocycles. The fourth-order valence-corrected chi connectivity index (χ4v) is 3.02. The predicted octanol–water partition coefficient (Wildman–Crippen LogP) is 3.42. The van der Waals surface area contributed by atoms with Gasteiger partial charge in [0.1, 0.15) is 0 Å². The van der Waals surface area contributed by atoms with Gasteiger partial charge in [-0.2, -0.15) is 0 Å². The van der Waals surface area contributed by atoms with E-state index in [4.69, 9.17) is 0 Å². The van der Waals surface area contributed by atoms with E-state index in [1.807, 2.05) is 39.1 Å². The van der Waals surface area contributed by atoms with Gasteiger partial charge in [0.05, 0.1) is 5.92 Å². The number of benzene rings is 1. The molecule has 2 rings (SSSR count). The van der Waals surface area contributed by atoms with Crippen LogP contribution in [0, 0.1) is 5.92 Å². The second-order valence-corrected chi connectivity index (χ2v) is 6.82. The van der Waals surface area contributed by atoms with Gasteiger partial charge < -0.3 is 9.80 Å². The van der Waals surface area contributed by atoms with Crippen LogP contribution in [0.3, 0.4) is 0 Å². The van der Waals surface area contributed by atoms with Gasteiger partial charge in [-0.1, -0.05) is 32.0 Å². The summed E-state index contributed by atoms with van der Waals surface area (Å²) in [6, 6.07) is 8.22. The van der Waals surface area contributed by atoms with Crippen molar-refractivity contribution < 1.29 is 9.59 Å². The van der Waals surface area contributed by atoms with Crippen molar-refractivity contribution in [3.63, 3.8) is 0 Å². The van der Waals surface area contributed by atoms with Gasteiger partial charge in [0.2, 0.25) is 11.8 Å². The molecule has 0 saturated carbocycles. The quantitative estimate of drug-likeness (QED) is 0.835. The Kier molecular flexibility index (Phi) is 5.45. The molecular formula is C19H28N2O2. The van der Waals surface area contributed by atoms with Gasteiger partial charge in [0.25, 0.3) is 0 Å². The summed E-state index contributed by atoms with van der Waals surface area (Å²) in [5, 5.41) is 0. The summed E-state index contributed by atoms with van der Waals surface area (Å²) < 4.78 is 0. The Morgan fingerprint density at radius 3 is 2.57 bits per heavy atom. The zero-order valence-electron chi connectivity index (χ0n) is 14.9. The van der Waals surface area contributed by atoms with E-state index < -0.39 is 0 Å². The van der Waals surface area contributed by atoms with E-state index in [0.29, 0.717) is 18.9 Å². The number of carbonyl (C=O) groups is 2. The van der Waals surface area contributed by atoms with Crippen molar-refractivity contribution in [2.24, 2.45) is 5.92 Å². The van der Waals surface area contributed by atoms with Crippen LogP contribution in [0.25, 0.3) is 0 Å². The first kappa shape index (κ1) is 17.5. The summed E-state index contributed by atoms with van der Waals surface area (Å²) in [5.41, 5.74) is 2.16. The molecule has 0 aliphatic carbocycles. The lowest BCUT2D eigenvalue weighted by Crippen LogP contribution is -2.38. The topological polar surface area (TPSA) is 40.6 Å². The lowest BCUT2D eigenvalue weighted by atomic mass is 9.96. The third-order valence-electron chi connectivity index (χ3n) is 4.97. The lowest BCUT2D eigenvalue weighted by molar-refractivity contribution is -0.135. The molecular weight excluding hydrogens is 288 g/mol. The molecule has 0 aromatic heterocycles. The van der Waals surface area contributed by atoms with E-state index in [0.717, 1.165) is 12.1 Å². The highest BCUT2D eigenvalue weighted by Crippen LogP contribution is 2.33. The second kappa shape index (κ2) is 7.16. The van der Waals surface area contributed by atoms with Crippen LogP contribution < -0.4 is 4.90 Å². The predicted molar refractivity (Wildman–Crippen MR) is 93.5 cm³/mol. The van der Waals surface area contributed by atoms with E-state index >= 15 is 0 Å². The molecule has 0 radical (unpaired) electrons. The summed E-state index contributed by atoms with van der Waals surface area (Å²) >= 11 is 0. The van der Waals surface area contributed by atoms with Crippen LogP contribution in [0.2, 0.25) is 0 Å². The molecule has 0 spiro atoms. The average molecular weight is 316 g/mol. The monoisotopic (exact) mass is 316 g/mol. The fourth-order valence-electron chi connectivity index (χ4n) is 3.02. The normalized spacial score (nSPS) is 19.3. The number of para-hydroxylation sites is 1. The first-order valence-electron chi connectivity index (χ1n) is 8.52. The van der Waals surface area contributed by atoms with Crippen LogP contribution in [0.5, 0.6) is 0 Å². The molecule has 126 valence electrons. The molecule has 0 N–H and O–H groups in total. The minimum absolute atomic E-state index is 0.0521. The molecule has 1 aromatic carbocycles. The van der Waals surface area contributed by atoms with Crippen molar-refractivity contribution in [2.75, 3.05) is 18.5 Å².